The molecule has 0 spiro atoms. The summed E-state index contributed by atoms with van der Waals surface area (Å²) < 4.78 is 7.07. The SMILES string of the molecule is COC(=O)N[C@@H](C(=O)N1CCCC1c1ncc(-c2cc3sc(-c4ncc(-c5cnc([C@@H]6CCCN6C(=O)[C@H](NC(=O)O)c6ccccc6)[nH]5)s4)cc3s2)[nH]1)c1ccccc1. The second kappa shape index (κ2) is 16.7. The van der Waals surface area contributed by atoms with Crippen molar-refractivity contribution in [3.05, 3.63) is 114 Å². The van der Waals surface area contributed by atoms with Gasteiger partial charge in [-0.1, -0.05) is 60.7 Å². The quantitative estimate of drug-likeness (QED) is 0.0849. The van der Waals surface area contributed by atoms with E-state index < -0.39 is 24.3 Å². The summed E-state index contributed by atoms with van der Waals surface area (Å²) in [7, 11) is 1.28. The van der Waals surface area contributed by atoms with Crippen LogP contribution >= 0.6 is 34.0 Å². The average Bonchev–Trinajstić information content (AvgIpc) is 4.11. The second-order valence-electron chi connectivity index (χ2n) is 14.5. The predicted octanol–water partition coefficient (Wildman–Crippen LogP) is 8.30. The Kier molecular flexibility index (Phi) is 10.9. The number of carbonyl (C=O) groups excluding carboxylic acids is 3. The number of amides is 4. The number of fused-ring (bicyclic) bond motifs is 1. The van der Waals surface area contributed by atoms with E-state index in [1.807, 2.05) is 48.8 Å². The Labute approximate surface area is 355 Å². The summed E-state index contributed by atoms with van der Waals surface area (Å²) in [5.74, 6) is 0.827. The van der Waals surface area contributed by atoms with E-state index in [0.717, 1.165) is 59.7 Å². The highest BCUT2D eigenvalue weighted by atomic mass is 32.1. The van der Waals surface area contributed by atoms with Crippen molar-refractivity contribution in [2.45, 2.75) is 49.9 Å². The zero-order valence-electron chi connectivity index (χ0n) is 32.2. The molecule has 9 rings (SSSR count). The van der Waals surface area contributed by atoms with Gasteiger partial charge < -0.3 is 40.2 Å². The number of hydrogen-bond donors (Lipinski definition) is 5. The van der Waals surface area contributed by atoms with Crippen LogP contribution in [-0.4, -0.2) is 84.0 Å². The fourth-order valence-electron chi connectivity index (χ4n) is 7.98. The number of carbonyl (C=O) groups is 4. The molecule has 2 aromatic carbocycles. The number of benzene rings is 2. The Hall–Kier alpha value is -6.37. The van der Waals surface area contributed by atoms with Gasteiger partial charge in [0.2, 0.25) is 0 Å². The number of rotatable bonds is 11. The molecule has 4 amide bonds. The first-order chi connectivity index (χ1) is 29.2. The third kappa shape index (κ3) is 7.76. The van der Waals surface area contributed by atoms with Gasteiger partial charge in [0.05, 0.1) is 57.6 Å². The second-order valence-corrected chi connectivity index (χ2v) is 17.7. The molecule has 5 N–H and O–H groups in total. The minimum atomic E-state index is -1.26. The number of hydrogen-bond acceptors (Lipinski definition) is 11. The van der Waals surface area contributed by atoms with Gasteiger partial charge in [-0.05, 0) is 48.9 Å². The van der Waals surface area contributed by atoms with Gasteiger partial charge >= 0.3 is 12.2 Å². The van der Waals surface area contributed by atoms with E-state index in [2.05, 4.69) is 37.7 Å². The molecule has 60 heavy (non-hydrogen) atoms. The largest absolute Gasteiger partial charge is 0.465 e. The van der Waals surface area contributed by atoms with Gasteiger partial charge in [-0.15, -0.1) is 34.0 Å². The first kappa shape index (κ1) is 39.1. The minimum Gasteiger partial charge on any atom is -0.465 e. The van der Waals surface area contributed by atoms with Gasteiger partial charge in [-0.2, -0.15) is 0 Å². The highest BCUT2D eigenvalue weighted by molar-refractivity contribution is 7.32. The molecule has 18 heteroatoms. The Morgan fingerprint density at radius 3 is 1.77 bits per heavy atom. The lowest BCUT2D eigenvalue weighted by Gasteiger charge is -2.28. The Morgan fingerprint density at radius 2 is 1.22 bits per heavy atom. The molecular formula is C42H39N9O6S3. The summed E-state index contributed by atoms with van der Waals surface area (Å²) in [6.45, 7) is 1.05. The normalized spacial score (nSPS) is 17.5. The number of H-pyrrole nitrogens is 2. The maximum atomic E-state index is 13.9. The monoisotopic (exact) mass is 861 g/mol. The average molecular weight is 862 g/mol. The standard InChI is InChI=1S/C42H39N9O6S3/c1-57-42(56)49-35(24-12-6-3-7-13-24)40(53)51-17-9-14-27(51)36-43-20-25(46-36)29-18-30-31(58-29)19-32(59-30)38-45-22-33(60-38)26-21-44-37(47-26)28-15-8-16-50(28)39(52)34(48-41(54)55)23-10-4-2-5-11-23/h2-7,10-13,18-22,27-28,34-35,48H,8-9,14-17H2,1H3,(H,43,46)(H,44,47)(H,49,56)(H,54,55)/t27?,28-,34+,35+/m0/s1. The zero-order valence-corrected chi connectivity index (χ0v) is 34.6. The maximum absolute atomic E-state index is 13.9. The fraction of sp³-hybridized carbons (Fsp3) is 0.262. The van der Waals surface area contributed by atoms with Crippen LogP contribution in [0.2, 0.25) is 0 Å². The Bertz CT molecular complexity index is 2640. The van der Waals surface area contributed by atoms with Gasteiger partial charge in [0.15, 0.2) is 0 Å². The molecule has 4 atom stereocenters. The molecule has 0 radical (unpaired) electrons. The molecule has 0 aliphatic carbocycles. The Morgan fingerprint density at radius 1 is 0.700 bits per heavy atom. The van der Waals surface area contributed by atoms with Crippen LogP contribution in [0.1, 0.15) is 72.6 Å². The topological polar surface area (TPSA) is 199 Å². The van der Waals surface area contributed by atoms with Crippen molar-refractivity contribution in [1.29, 1.82) is 0 Å². The molecule has 306 valence electrons. The number of carboxylic acid groups (broad SMARTS) is 1. The van der Waals surface area contributed by atoms with Crippen molar-refractivity contribution in [3.8, 4) is 31.0 Å². The number of aromatic nitrogens is 5. The Balaban J connectivity index is 0.882. The molecule has 2 saturated heterocycles. The van der Waals surface area contributed by atoms with Crippen LogP contribution in [0.25, 0.3) is 40.4 Å². The third-order valence-electron chi connectivity index (χ3n) is 10.8. The number of nitrogens with zero attached hydrogens (tertiary/aromatic N) is 5. The summed E-state index contributed by atoms with van der Waals surface area (Å²) in [4.78, 5) is 79.1. The van der Waals surface area contributed by atoms with Gasteiger partial charge in [0.25, 0.3) is 11.8 Å². The summed E-state index contributed by atoms with van der Waals surface area (Å²) in [6, 6.07) is 19.9. The highest BCUT2D eigenvalue weighted by Crippen LogP contribution is 2.44. The van der Waals surface area contributed by atoms with Crippen molar-refractivity contribution in [3.63, 3.8) is 0 Å². The molecule has 0 saturated carbocycles. The van der Waals surface area contributed by atoms with Crippen molar-refractivity contribution in [1.82, 2.24) is 45.4 Å². The number of ether oxygens (including phenoxy) is 1. The maximum Gasteiger partial charge on any atom is 0.407 e. The number of likely N-dealkylation sites (tertiary alicyclic amines) is 2. The summed E-state index contributed by atoms with van der Waals surface area (Å²) in [5, 5.41) is 15.5. The molecule has 7 aromatic rings. The first-order valence-corrected chi connectivity index (χ1v) is 21.8. The van der Waals surface area contributed by atoms with Crippen LogP contribution in [0.5, 0.6) is 0 Å². The molecular weight excluding hydrogens is 823 g/mol. The number of thiophene rings is 2. The number of aromatic amines is 2. The number of imidazole rings is 2. The lowest BCUT2D eigenvalue weighted by molar-refractivity contribution is -0.135. The van der Waals surface area contributed by atoms with Crippen LogP contribution in [0.15, 0.2) is 91.4 Å². The van der Waals surface area contributed by atoms with Crippen molar-refractivity contribution in [2.24, 2.45) is 0 Å². The molecule has 1 unspecified atom stereocenters. The molecule has 2 fully saturated rings. The summed E-state index contributed by atoms with van der Waals surface area (Å²) >= 11 is 4.87. The van der Waals surface area contributed by atoms with Crippen LogP contribution in [0, 0.1) is 0 Å². The van der Waals surface area contributed by atoms with E-state index in [-0.39, 0.29) is 23.9 Å². The van der Waals surface area contributed by atoms with E-state index in [4.69, 9.17) is 14.7 Å². The third-order valence-corrected chi connectivity index (χ3v) is 14.4. The van der Waals surface area contributed by atoms with Crippen LogP contribution in [0.4, 0.5) is 9.59 Å². The fourth-order valence-corrected chi connectivity index (χ4v) is 11.3. The van der Waals surface area contributed by atoms with Gasteiger partial charge in [0.1, 0.15) is 28.7 Å². The number of thiazole rings is 1. The molecule has 7 heterocycles. The van der Waals surface area contributed by atoms with Crippen molar-refractivity contribution >= 4 is 67.4 Å². The molecule has 2 aliphatic rings. The van der Waals surface area contributed by atoms with Gasteiger partial charge in [-0.3, -0.25) is 9.59 Å². The zero-order chi connectivity index (χ0) is 41.3. The molecule has 0 bridgehead atoms. The lowest BCUT2D eigenvalue weighted by atomic mass is 10.1. The van der Waals surface area contributed by atoms with Gasteiger partial charge in [0, 0.05) is 28.7 Å². The predicted molar refractivity (Wildman–Crippen MR) is 228 cm³/mol. The number of methoxy groups -OCH3 is 1. The first-order valence-electron chi connectivity index (χ1n) is 19.4. The van der Waals surface area contributed by atoms with Crippen LogP contribution in [-0.2, 0) is 14.3 Å². The van der Waals surface area contributed by atoms with E-state index in [0.29, 0.717) is 42.3 Å². The minimum absolute atomic E-state index is 0.216. The van der Waals surface area contributed by atoms with E-state index in [1.54, 1.807) is 74.3 Å². The van der Waals surface area contributed by atoms with Crippen molar-refractivity contribution < 1.29 is 29.0 Å². The molecule has 15 nitrogen and oxygen atoms in total. The van der Waals surface area contributed by atoms with Crippen LogP contribution in [0.3, 0.4) is 0 Å². The van der Waals surface area contributed by atoms with E-state index in [1.165, 1.54) is 7.11 Å². The lowest BCUT2D eigenvalue weighted by Crippen LogP contribution is -2.42. The smallest absolute Gasteiger partial charge is 0.407 e. The van der Waals surface area contributed by atoms with E-state index in [9.17, 15) is 24.3 Å². The summed E-state index contributed by atoms with van der Waals surface area (Å²) in [5.41, 5.74) is 2.92. The number of nitrogens with one attached hydrogen (secondary N) is 4. The summed E-state index contributed by atoms with van der Waals surface area (Å²) in [6.07, 6.45) is 6.51. The van der Waals surface area contributed by atoms with Crippen molar-refractivity contribution in [2.75, 3.05) is 20.2 Å². The molecule has 5 aromatic heterocycles. The van der Waals surface area contributed by atoms with Gasteiger partial charge in [-0.25, -0.2) is 24.5 Å². The van der Waals surface area contributed by atoms with E-state index >= 15 is 0 Å². The molecule has 2 aliphatic heterocycles. The highest BCUT2D eigenvalue weighted by Gasteiger charge is 2.38. The number of alkyl carbamates (subject to hydrolysis) is 1. The van der Waals surface area contributed by atoms with Crippen LogP contribution < -0.4 is 10.6 Å².